The Hall–Kier alpha value is -4.88. The molecular weight excluding hydrogens is 508 g/mol. The smallest absolute Gasteiger partial charge is 0.332 e. The third-order valence-electron chi connectivity index (χ3n) is 7.73. The van der Waals surface area contributed by atoms with Crippen LogP contribution in [0.2, 0.25) is 0 Å². The van der Waals surface area contributed by atoms with Crippen LogP contribution in [0.1, 0.15) is 11.1 Å². The molecule has 2 saturated heterocycles. The van der Waals surface area contributed by atoms with Crippen molar-refractivity contribution in [3.8, 4) is 6.07 Å². The zero-order chi connectivity index (χ0) is 27.8. The molecule has 10 heteroatoms. The number of urea groups is 1. The van der Waals surface area contributed by atoms with E-state index >= 15 is 0 Å². The van der Waals surface area contributed by atoms with E-state index in [0.29, 0.717) is 13.0 Å². The number of benzene rings is 3. The molecule has 1 aromatic heterocycles. The highest BCUT2D eigenvalue weighted by Gasteiger charge is 2.52. The average molecular weight is 537 g/mol. The van der Waals surface area contributed by atoms with Crippen molar-refractivity contribution >= 4 is 39.6 Å². The number of hydrogen-bond donors (Lipinski definition) is 1. The Morgan fingerprint density at radius 3 is 2.75 bits per heavy atom. The maximum atomic E-state index is 14.1. The Kier molecular flexibility index (Phi) is 6.58. The number of nitriles is 1. The summed E-state index contributed by atoms with van der Waals surface area (Å²) in [6, 6.07) is 22.4. The first-order valence-electron chi connectivity index (χ1n) is 13.1. The largest absolute Gasteiger partial charge is 0.464 e. The number of furan rings is 1. The number of nitrogens with one attached hydrogen (secondary N) is 1. The van der Waals surface area contributed by atoms with Crippen molar-refractivity contribution in [2.45, 2.75) is 25.2 Å². The van der Waals surface area contributed by atoms with Crippen molar-refractivity contribution in [2.75, 3.05) is 26.7 Å². The van der Waals surface area contributed by atoms with E-state index in [1.165, 1.54) is 12.1 Å². The lowest BCUT2D eigenvalue weighted by molar-refractivity contribution is -0.157. The molecule has 0 saturated carbocycles. The lowest BCUT2D eigenvalue weighted by atomic mass is 9.98. The predicted molar refractivity (Wildman–Crippen MR) is 147 cm³/mol. The molecule has 10 nitrogen and oxygen atoms in total. The third kappa shape index (κ3) is 4.40. The molecule has 4 aromatic rings. The minimum atomic E-state index is -0.774. The maximum Gasteiger partial charge on any atom is 0.332 e. The molecule has 1 N–H and O–H groups in total. The van der Waals surface area contributed by atoms with Crippen LogP contribution in [-0.4, -0.2) is 76.6 Å². The number of amides is 4. The quantitative estimate of drug-likeness (QED) is 0.379. The van der Waals surface area contributed by atoms with Crippen LogP contribution >= 0.6 is 0 Å². The van der Waals surface area contributed by atoms with E-state index in [4.69, 9.17) is 4.42 Å². The van der Waals surface area contributed by atoms with E-state index < -0.39 is 18.2 Å². The van der Waals surface area contributed by atoms with Crippen molar-refractivity contribution in [1.82, 2.24) is 25.1 Å². The van der Waals surface area contributed by atoms with Crippen molar-refractivity contribution in [3.05, 3.63) is 84.1 Å². The number of carbonyl (C=O) groups excluding carboxylic acids is 3. The SMILES string of the molecule is CNC(=O)N(CC#N)N1CC(=O)N2[C@@H](Cc3ccc4occc4c3)C(=O)N(Cc3cccc4ccccc34)C[C@@H]21. The van der Waals surface area contributed by atoms with Crippen LogP contribution in [-0.2, 0) is 22.6 Å². The number of hydrazine groups is 1. The van der Waals surface area contributed by atoms with E-state index in [1.807, 2.05) is 72.8 Å². The first-order chi connectivity index (χ1) is 19.5. The van der Waals surface area contributed by atoms with Crippen molar-refractivity contribution in [1.29, 1.82) is 5.26 Å². The highest BCUT2D eigenvalue weighted by Crippen LogP contribution is 2.31. The summed E-state index contributed by atoms with van der Waals surface area (Å²) in [5, 5.41) is 17.9. The van der Waals surface area contributed by atoms with E-state index in [0.717, 1.165) is 32.9 Å². The van der Waals surface area contributed by atoms with Crippen molar-refractivity contribution in [3.63, 3.8) is 0 Å². The number of hydrogen-bond acceptors (Lipinski definition) is 6. The summed E-state index contributed by atoms with van der Waals surface area (Å²) in [6.07, 6.45) is 1.32. The summed E-state index contributed by atoms with van der Waals surface area (Å²) in [5.74, 6) is -0.414. The molecule has 2 aliphatic rings. The number of carbonyl (C=O) groups is 3. The highest BCUT2D eigenvalue weighted by molar-refractivity contribution is 5.92. The first kappa shape index (κ1) is 25.4. The average Bonchev–Trinajstić information content (AvgIpc) is 3.57. The Balaban J connectivity index is 1.38. The molecule has 3 heterocycles. The van der Waals surface area contributed by atoms with E-state index in [2.05, 4.69) is 5.32 Å². The van der Waals surface area contributed by atoms with Gasteiger partial charge in [0.05, 0.1) is 25.4 Å². The third-order valence-corrected chi connectivity index (χ3v) is 7.73. The predicted octanol–water partition coefficient (Wildman–Crippen LogP) is 3.09. The van der Waals surface area contributed by atoms with Crippen molar-refractivity contribution in [2.24, 2.45) is 0 Å². The molecule has 0 unspecified atom stereocenters. The normalized spacial score (nSPS) is 19.2. The fraction of sp³-hybridized carbons (Fsp3) is 0.267. The Morgan fingerprint density at radius 1 is 1.10 bits per heavy atom. The summed E-state index contributed by atoms with van der Waals surface area (Å²) >= 11 is 0. The second-order valence-electron chi connectivity index (χ2n) is 10.0. The molecule has 0 bridgehead atoms. The Labute approximate surface area is 230 Å². The van der Waals surface area contributed by atoms with Gasteiger partial charge >= 0.3 is 6.03 Å². The molecule has 2 fully saturated rings. The van der Waals surface area contributed by atoms with Crippen LogP contribution in [0.4, 0.5) is 4.79 Å². The van der Waals surface area contributed by atoms with Gasteiger partial charge in [0.2, 0.25) is 11.8 Å². The monoisotopic (exact) mass is 536 g/mol. The van der Waals surface area contributed by atoms with Crippen molar-refractivity contribution < 1.29 is 18.8 Å². The summed E-state index contributed by atoms with van der Waals surface area (Å²) in [6.45, 7) is 0.217. The summed E-state index contributed by atoms with van der Waals surface area (Å²) in [7, 11) is 1.48. The Morgan fingerprint density at radius 2 is 1.93 bits per heavy atom. The number of nitrogens with zero attached hydrogens (tertiary/aromatic N) is 5. The van der Waals surface area contributed by atoms with Gasteiger partial charge in [-0.05, 0) is 40.1 Å². The molecule has 4 amide bonds. The van der Waals surface area contributed by atoms with Crippen LogP contribution < -0.4 is 5.32 Å². The molecular formula is C30H28N6O4. The first-order valence-corrected chi connectivity index (χ1v) is 13.1. The molecule has 0 radical (unpaired) electrons. The minimum absolute atomic E-state index is 0.105. The fourth-order valence-corrected chi connectivity index (χ4v) is 5.87. The summed E-state index contributed by atoms with van der Waals surface area (Å²) in [4.78, 5) is 43.7. The molecule has 40 heavy (non-hydrogen) atoms. The van der Waals surface area contributed by atoms with E-state index in [1.54, 1.807) is 21.1 Å². The van der Waals surface area contributed by atoms with Gasteiger partial charge in [0.15, 0.2) is 0 Å². The van der Waals surface area contributed by atoms with Gasteiger partial charge in [-0.2, -0.15) is 10.3 Å². The number of rotatable bonds is 6. The lowest BCUT2D eigenvalue weighted by Crippen LogP contribution is -2.66. The van der Waals surface area contributed by atoms with Gasteiger partial charge in [-0.25, -0.2) is 9.80 Å². The van der Waals surface area contributed by atoms with Gasteiger partial charge in [-0.3, -0.25) is 9.59 Å². The molecule has 202 valence electrons. The molecule has 0 aliphatic carbocycles. The highest BCUT2D eigenvalue weighted by atomic mass is 16.3. The van der Waals surface area contributed by atoms with Gasteiger partial charge in [0, 0.05) is 25.4 Å². The van der Waals surface area contributed by atoms with Crippen LogP contribution in [0.25, 0.3) is 21.7 Å². The van der Waals surface area contributed by atoms with E-state index in [-0.39, 0.29) is 31.4 Å². The van der Waals surface area contributed by atoms with Crippen LogP contribution in [0, 0.1) is 11.3 Å². The van der Waals surface area contributed by atoms with Gasteiger partial charge in [0.1, 0.15) is 24.3 Å². The number of piperazine rings is 1. The molecule has 2 aliphatic heterocycles. The van der Waals surface area contributed by atoms with Gasteiger partial charge < -0.3 is 19.5 Å². The van der Waals surface area contributed by atoms with Crippen LogP contribution in [0.3, 0.4) is 0 Å². The molecule has 6 rings (SSSR count). The fourth-order valence-electron chi connectivity index (χ4n) is 5.87. The van der Waals surface area contributed by atoms with Gasteiger partial charge in [0.25, 0.3) is 0 Å². The Bertz CT molecular complexity index is 1650. The summed E-state index contributed by atoms with van der Waals surface area (Å²) < 4.78 is 5.47. The minimum Gasteiger partial charge on any atom is -0.464 e. The zero-order valence-electron chi connectivity index (χ0n) is 22.0. The van der Waals surface area contributed by atoms with Gasteiger partial charge in [-0.15, -0.1) is 0 Å². The van der Waals surface area contributed by atoms with Gasteiger partial charge in [-0.1, -0.05) is 48.5 Å². The van der Waals surface area contributed by atoms with Crippen LogP contribution in [0.5, 0.6) is 0 Å². The van der Waals surface area contributed by atoms with Crippen LogP contribution in [0.15, 0.2) is 77.4 Å². The number of fused-ring (bicyclic) bond motifs is 3. The lowest BCUT2D eigenvalue weighted by Gasteiger charge is -2.46. The maximum absolute atomic E-state index is 14.1. The second-order valence-corrected chi connectivity index (χ2v) is 10.0. The molecule has 3 aromatic carbocycles. The van der Waals surface area contributed by atoms with E-state index in [9.17, 15) is 19.6 Å². The molecule has 0 spiro atoms. The molecule has 2 atom stereocenters. The summed E-state index contributed by atoms with van der Waals surface area (Å²) in [5.41, 5.74) is 2.63. The zero-order valence-corrected chi connectivity index (χ0v) is 22.0. The standard InChI is InChI=1S/C30H28N6O4/c1-32-30(39)34(13-12-31)35-19-28(37)36-25(16-20-9-10-26-22(15-20)11-14-40-26)29(38)33(18-27(35)36)17-23-7-4-6-21-5-2-3-8-24(21)23/h2-11,14-15,25,27H,13,16-19H2,1H3,(H,32,39)/t25-,27+/m0/s1. The second kappa shape index (κ2) is 10.4. The topological polar surface area (TPSA) is 113 Å².